The molecule has 0 saturated heterocycles. The summed E-state index contributed by atoms with van der Waals surface area (Å²) >= 11 is 0. The van der Waals surface area contributed by atoms with Crippen molar-refractivity contribution >= 4 is 21.7 Å². The second-order valence-electron chi connectivity index (χ2n) is 3.85. The van der Waals surface area contributed by atoms with Crippen LogP contribution in [0.3, 0.4) is 0 Å². The highest BCUT2D eigenvalue weighted by Crippen LogP contribution is 2.31. The van der Waals surface area contributed by atoms with Crippen molar-refractivity contribution in [2.45, 2.75) is 12.5 Å². The summed E-state index contributed by atoms with van der Waals surface area (Å²) in [7, 11) is -3.33. The molecule has 1 aromatic carbocycles. The minimum absolute atomic E-state index is 0.240. The number of benzene rings is 1. The smallest absolute Gasteiger partial charge is 0.345 e. The van der Waals surface area contributed by atoms with Gasteiger partial charge in [-0.1, -0.05) is 0 Å². The van der Waals surface area contributed by atoms with Gasteiger partial charge in [-0.25, -0.2) is 13.2 Å². The SMILES string of the molecule is CS(=O)(=O)Nc1ccc2c(c1)C[C@H](C(=O)O)O2. The fraction of sp³-hybridized carbons (Fsp3) is 0.300. The third-order valence-electron chi connectivity index (χ3n) is 2.31. The van der Waals surface area contributed by atoms with Crippen LogP contribution in [0.25, 0.3) is 0 Å². The Morgan fingerprint density at radius 2 is 2.24 bits per heavy atom. The van der Waals surface area contributed by atoms with Gasteiger partial charge in [-0.05, 0) is 18.2 Å². The zero-order chi connectivity index (χ0) is 12.6. The second kappa shape index (κ2) is 3.92. The molecule has 0 unspecified atom stereocenters. The quantitative estimate of drug-likeness (QED) is 0.820. The molecule has 0 saturated carbocycles. The predicted octanol–water partition coefficient (Wildman–Crippen LogP) is 0.446. The van der Waals surface area contributed by atoms with Crippen molar-refractivity contribution in [3.8, 4) is 5.75 Å². The Labute approximate surface area is 98.3 Å². The molecule has 0 aromatic heterocycles. The summed E-state index contributed by atoms with van der Waals surface area (Å²) in [5, 5.41) is 8.80. The van der Waals surface area contributed by atoms with E-state index in [2.05, 4.69) is 4.72 Å². The fourth-order valence-corrected chi connectivity index (χ4v) is 2.22. The summed E-state index contributed by atoms with van der Waals surface area (Å²) in [6.45, 7) is 0. The molecule has 1 heterocycles. The third-order valence-corrected chi connectivity index (χ3v) is 2.92. The summed E-state index contributed by atoms with van der Waals surface area (Å²) < 4.78 is 29.6. The Morgan fingerprint density at radius 1 is 1.53 bits per heavy atom. The molecule has 1 aromatic rings. The molecule has 92 valence electrons. The number of fused-ring (bicyclic) bond motifs is 1. The van der Waals surface area contributed by atoms with Crippen molar-refractivity contribution in [1.29, 1.82) is 0 Å². The average Bonchev–Trinajstić information content (AvgIpc) is 2.57. The third kappa shape index (κ3) is 2.68. The molecular formula is C10H11NO5S. The number of carboxylic acid groups (broad SMARTS) is 1. The van der Waals surface area contributed by atoms with Crippen LogP contribution in [0, 0.1) is 0 Å². The van der Waals surface area contributed by atoms with Crippen LogP contribution < -0.4 is 9.46 Å². The first-order valence-electron chi connectivity index (χ1n) is 4.85. The molecule has 2 N–H and O–H groups in total. The minimum atomic E-state index is -3.33. The van der Waals surface area contributed by atoms with Gasteiger partial charge in [0.25, 0.3) is 0 Å². The summed E-state index contributed by atoms with van der Waals surface area (Å²) in [6.07, 6.45) is 0.402. The van der Waals surface area contributed by atoms with Gasteiger partial charge in [0.2, 0.25) is 10.0 Å². The van der Waals surface area contributed by atoms with Gasteiger partial charge < -0.3 is 9.84 Å². The van der Waals surface area contributed by atoms with Crippen molar-refractivity contribution in [2.24, 2.45) is 0 Å². The molecule has 2 rings (SSSR count). The fourth-order valence-electron chi connectivity index (χ4n) is 1.66. The Balaban J connectivity index is 2.24. The van der Waals surface area contributed by atoms with Crippen molar-refractivity contribution in [3.05, 3.63) is 23.8 Å². The molecule has 0 aliphatic carbocycles. The van der Waals surface area contributed by atoms with Crippen LogP contribution in [-0.4, -0.2) is 31.9 Å². The Kier molecular flexibility index (Phi) is 2.70. The van der Waals surface area contributed by atoms with E-state index in [1.807, 2.05) is 0 Å². The number of hydrogen-bond acceptors (Lipinski definition) is 4. The van der Waals surface area contributed by atoms with Crippen molar-refractivity contribution in [1.82, 2.24) is 0 Å². The highest BCUT2D eigenvalue weighted by Gasteiger charge is 2.28. The van der Waals surface area contributed by atoms with Gasteiger partial charge in [-0.2, -0.15) is 0 Å². The summed E-state index contributed by atoms with van der Waals surface area (Å²) in [4.78, 5) is 10.7. The molecule has 17 heavy (non-hydrogen) atoms. The van der Waals surface area contributed by atoms with E-state index in [0.29, 0.717) is 17.0 Å². The number of nitrogens with one attached hydrogen (secondary N) is 1. The number of rotatable bonds is 3. The Hall–Kier alpha value is -1.76. The molecule has 0 amide bonds. The highest BCUT2D eigenvalue weighted by molar-refractivity contribution is 7.92. The van der Waals surface area contributed by atoms with E-state index in [1.165, 1.54) is 6.07 Å². The number of aliphatic carboxylic acids is 1. The van der Waals surface area contributed by atoms with E-state index in [1.54, 1.807) is 12.1 Å². The topological polar surface area (TPSA) is 92.7 Å². The normalized spacial score (nSPS) is 18.3. The molecule has 0 radical (unpaired) electrons. The van der Waals surface area contributed by atoms with E-state index in [9.17, 15) is 13.2 Å². The van der Waals surface area contributed by atoms with Crippen LogP contribution in [0.5, 0.6) is 5.75 Å². The molecule has 1 aliphatic rings. The van der Waals surface area contributed by atoms with E-state index in [-0.39, 0.29) is 6.42 Å². The lowest BCUT2D eigenvalue weighted by Gasteiger charge is -2.05. The maximum atomic E-state index is 11.0. The first-order chi connectivity index (χ1) is 7.85. The highest BCUT2D eigenvalue weighted by atomic mass is 32.2. The molecule has 6 nitrogen and oxygen atoms in total. The molecule has 0 fully saturated rings. The lowest BCUT2D eigenvalue weighted by atomic mass is 10.1. The number of sulfonamides is 1. The van der Waals surface area contributed by atoms with Crippen LogP contribution in [-0.2, 0) is 21.2 Å². The predicted molar refractivity (Wildman–Crippen MR) is 60.7 cm³/mol. The van der Waals surface area contributed by atoms with Crippen LogP contribution in [0.2, 0.25) is 0 Å². The number of carboxylic acids is 1. The maximum absolute atomic E-state index is 11.0. The lowest BCUT2D eigenvalue weighted by molar-refractivity contribution is -0.144. The van der Waals surface area contributed by atoms with E-state index in [0.717, 1.165) is 6.26 Å². The van der Waals surface area contributed by atoms with Crippen molar-refractivity contribution in [3.63, 3.8) is 0 Å². The molecular weight excluding hydrogens is 246 g/mol. The monoisotopic (exact) mass is 257 g/mol. The van der Waals surface area contributed by atoms with Gasteiger partial charge in [-0.15, -0.1) is 0 Å². The minimum Gasteiger partial charge on any atom is -0.478 e. The van der Waals surface area contributed by atoms with Gasteiger partial charge in [0.15, 0.2) is 6.10 Å². The average molecular weight is 257 g/mol. The number of ether oxygens (including phenoxy) is 1. The maximum Gasteiger partial charge on any atom is 0.345 e. The number of hydrogen-bond donors (Lipinski definition) is 2. The van der Waals surface area contributed by atoms with Crippen LogP contribution in [0.4, 0.5) is 5.69 Å². The number of carbonyl (C=O) groups is 1. The summed E-state index contributed by atoms with van der Waals surface area (Å²) in [6, 6.07) is 4.68. The van der Waals surface area contributed by atoms with E-state index >= 15 is 0 Å². The molecule has 1 atom stereocenters. The van der Waals surface area contributed by atoms with Gasteiger partial charge in [0.05, 0.1) is 6.26 Å². The summed E-state index contributed by atoms with van der Waals surface area (Å²) in [5.74, 6) is -0.546. The number of anilines is 1. The van der Waals surface area contributed by atoms with Gasteiger partial charge in [0, 0.05) is 17.7 Å². The van der Waals surface area contributed by atoms with Crippen molar-refractivity contribution in [2.75, 3.05) is 11.0 Å². The van der Waals surface area contributed by atoms with E-state index < -0.39 is 22.1 Å². The first-order valence-corrected chi connectivity index (χ1v) is 6.74. The van der Waals surface area contributed by atoms with Gasteiger partial charge >= 0.3 is 5.97 Å². The van der Waals surface area contributed by atoms with Gasteiger partial charge in [0.1, 0.15) is 5.75 Å². The molecule has 0 bridgehead atoms. The van der Waals surface area contributed by atoms with Crippen LogP contribution >= 0.6 is 0 Å². The largest absolute Gasteiger partial charge is 0.478 e. The standard InChI is InChI=1S/C10H11NO5S/c1-17(14,15)11-7-2-3-8-6(4-7)5-9(16-8)10(12)13/h2-4,9,11H,5H2,1H3,(H,12,13)/t9-/m1/s1. The van der Waals surface area contributed by atoms with Crippen molar-refractivity contribution < 1.29 is 23.1 Å². The molecule has 0 spiro atoms. The van der Waals surface area contributed by atoms with Crippen LogP contribution in [0.15, 0.2) is 18.2 Å². The Morgan fingerprint density at radius 3 is 2.82 bits per heavy atom. The first kappa shape index (κ1) is 11.7. The van der Waals surface area contributed by atoms with E-state index in [4.69, 9.17) is 9.84 Å². The second-order valence-corrected chi connectivity index (χ2v) is 5.59. The molecule has 1 aliphatic heterocycles. The zero-order valence-corrected chi connectivity index (χ0v) is 9.82. The molecule has 7 heteroatoms. The van der Waals surface area contributed by atoms with Gasteiger partial charge in [-0.3, -0.25) is 4.72 Å². The summed E-state index contributed by atoms with van der Waals surface area (Å²) in [5.41, 5.74) is 1.09. The zero-order valence-electron chi connectivity index (χ0n) is 9.00. The van der Waals surface area contributed by atoms with Crippen LogP contribution in [0.1, 0.15) is 5.56 Å². The Bertz CT molecular complexity index is 566. The lowest BCUT2D eigenvalue weighted by Crippen LogP contribution is -2.24.